The van der Waals surface area contributed by atoms with Crippen molar-refractivity contribution in [1.29, 1.82) is 5.26 Å². The Morgan fingerprint density at radius 2 is 2.12 bits per heavy atom. The van der Waals surface area contributed by atoms with Crippen molar-refractivity contribution < 1.29 is 28.3 Å². The van der Waals surface area contributed by atoms with Crippen molar-refractivity contribution in [1.82, 2.24) is 15.4 Å². The summed E-state index contributed by atoms with van der Waals surface area (Å²) in [5, 5.41) is 18.8. The molecule has 4 N–H and O–H groups in total. The van der Waals surface area contributed by atoms with Crippen LogP contribution in [0.4, 0.5) is 14.6 Å². The Balaban J connectivity index is 1.90. The summed E-state index contributed by atoms with van der Waals surface area (Å²) in [7, 11) is 0. The smallest absolute Gasteiger partial charge is 0.284 e. The summed E-state index contributed by atoms with van der Waals surface area (Å²) in [4.78, 5) is 26.1. The number of hydrogen-bond acceptors (Lipinski definition) is 8. The average Bonchev–Trinajstić information content (AvgIpc) is 2.68. The van der Waals surface area contributed by atoms with Crippen LogP contribution in [0.1, 0.15) is 42.6 Å². The first-order valence-corrected chi connectivity index (χ1v) is 9.84. The van der Waals surface area contributed by atoms with Gasteiger partial charge in [-0.2, -0.15) is 10.2 Å². The molecule has 0 bridgehead atoms. The van der Waals surface area contributed by atoms with E-state index in [0.717, 1.165) is 0 Å². The van der Waals surface area contributed by atoms with Gasteiger partial charge in [-0.1, -0.05) is 12.1 Å². The number of benzene rings is 1. The van der Waals surface area contributed by atoms with E-state index in [1.807, 2.05) is 6.07 Å². The number of anilines is 1. The second-order valence-corrected chi connectivity index (χ2v) is 8.14. The number of hydrogen-bond donors (Lipinski definition) is 3. The van der Waals surface area contributed by atoms with Crippen LogP contribution in [0, 0.1) is 17.2 Å². The molecule has 3 rings (SSSR count). The van der Waals surface area contributed by atoms with E-state index in [-0.39, 0.29) is 42.5 Å². The number of nitrogens with one attached hydrogen (secondary N) is 1. The zero-order valence-electron chi connectivity index (χ0n) is 17.5. The number of nitrogens with zero attached hydrogens (tertiary/aromatic N) is 3. The van der Waals surface area contributed by atoms with Gasteiger partial charge in [0.25, 0.3) is 5.91 Å². The highest BCUT2D eigenvalue weighted by Crippen LogP contribution is 2.37. The fourth-order valence-electron chi connectivity index (χ4n) is 3.01. The minimum atomic E-state index is -2.45. The monoisotopic (exact) mass is 447 g/mol. The van der Waals surface area contributed by atoms with Gasteiger partial charge in [0.05, 0.1) is 17.2 Å². The van der Waals surface area contributed by atoms with Gasteiger partial charge in [-0.15, -0.1) is 0 Å². The predicted molar refractivity (Wildman–Crippen MR) is 109 cm³/mol. The van der Waals surface area contributed by atoms with E-state index in [9.17, 15) is 18.7 Å². The number of nitrogen functional groups attached to an aromatic ring is 1. The Bertz CT molecular complexity index is 1030. The third-order valence-electron chi connectivity index (χ3n) is 4.74. The molecule has 1 aliphatic rings. The van der Waals surface area contributed by atoms with E-state index in [1.54, 1.807) is 24.3 Å². The minimum absolute atomic E-state index is 0.105. The second-order valence-electron chi connectivity index (χ2n) is 8.14. The molecular formula is C21H23F2N5O4. The van der Waals surface area contributed by atoms with Gasteiger partial charge in [-0.05, 0) is 38.8 Å². The highest BCUT2D eigenvalue weighted by Gasteiger charge is 2.38. The molecule has 0 aliphatic heterocycles. The molecule has 1 aromatic heterocycles. The van der Waals surface area contributed by atoms with Crippen molar-refractivity contribution in [2.75, 3.05) is 12.3 Å². The lowest BCUT2D eigenvalue weighted by Crippen LogP contribution is -2.38. The van der Waals surface area contributed by atoms with Gasteiger partial charge in [-0.25, -0.2) is 19.2 Å². The molecule has 0 atom stereocenters. The summed E-state index contributed by atoms with van der Waals surface area (Å²) in [5.41, 5.74) is 7.58. The fourth-order valence-corrected chi connectivity index (χ4v) is 3.01. The topological polar surface area (TPSA) is 143 Å². The molecule has 1 saturated carbocycles. The average molecular weight is 447 g/mol. The molecule has 11 heteroatoms. The standard InChI is InChI=1S/C21H23F2N5O4/c1-21(2,30)10-31-28-19(29)15-17(25)26-18(12-5-3-4-11(6-12)9-24)27-20(15)32-14-7-13(8-14)16(22)23/h3-6,13-14,16,30H,7-8,10H2,1-2H3,(H,28,29)(H2,25,26,27)/t13-,14+. The summed E-state index contributed by atoms with van der Waals surface area (Å²) in [6.45, 7) is 2.78. The van der Waals surface area contributed by atoms with Crippen molar-refractivity contribution >= 4 is 11.7 Å². The number of halogens is 2. The number of alkyl halides is 2. The SMILES string of the molecule is CC(C)(O)CONC(=O)c1c(N)nc(-c2cccc(C#N)c2)nc1O[C@H]1C[C@@H](C(F)F)C1. The molecule has 9 nitrogen and oxygen atoms in total. The van der Waals surface area contributed by atoms with Gasteiger partial charge < -0.3 is 15.6 Å². The fraction of sp³-hybridized carbons (Fsp3) is 0.429. The number of carbonyl (C=O) groups excluding carboxylic acids is 1. The summed E-state index contributed by atoms with van der Waals surface area (Å²) in [6, 6.07) is 8.44. The number of rotatable bonds is 8. The maximum Gasteiger partial charge on any atom is 0.284 e. The Hall–Kier alpha value is -3.36. The first-order valence-electron chi connectivity index (χ1n) is 9.84. The summed E-state index contributed by atoms with van der Waals surface area (Å²) < 4.78 is 31.4. The molecule has 0 saturated heterocycles. The van der Waals surface area contributed by atoms with Crippen LogP contribution >= 0.6 is 0 Å². The molecule has 0 spiro atoms. The summed E-state index contributed by atoms with van der Waals surface area (Å²) in [6.07, 6.45) is -2.80. The Morgan fingerprint density at radius 1 is 1.41 bits per heavy atom. The molecule has 0 unspecified atom stereocenters. The number of aromatic nitrogens is 2. The maximum absolute atomic E-state index is 12.8. The lowest BCUT2D eigenvalue weighted by Gasteiger charge is -2.34. The number of nitriles is 1. The van der Waals surface area contributed by atoms with Gasteiger partial charge in [-0.3, -0.25) is 9.63 Å². The normalized spacial score (nSPS) is 18.0. The largest absolute Gasteiger partial charge is 0.474 e. The van der Waals surface area contributed by atoms with Crippen molar-refractivity contribution in [3.05, 3.63) is 35.4 Å². The summed E-state index contributed by atoms with van der Waals surface area (Å²) >= 11 is 0. The highest BCUT2D eigenvalue weighted by molar-refractivity contribution is 6.00. The van der Waals surface area contributed by atoms with Crippen LogP contribution in [0.5, 0.6) is 5.88 Å². The van der Waals surface area contributed by atoms with Crippen molar-refractivity contribution in [2.24, 2.45) is 5.92 Å². The summed E-state index contributed by atoms with van der Waals surface area (Å²) in [5.74, 6) is -1.89. The van der Waals surface area contributed by atoms with E-state index in [0.29, 0.717) is 11.1 Å². The Morgan fingerprint density at radius 3 is 2.75 bits per heavy atom. The molecule has 1 amide bonds. The molecule has 1 heterocycles. The van der Waals surface area contributed by atoms with Crippen LogP contribution in [0.25, 0.3) is 11.4 Å². The van der Waals surface area contributed by atoms with Crippen molar-refractivity contribution in [2.45, 2.75) is 44.8 Å². The zero-order valence-corrected chi connectivity index (χ0v) is 17.5. The molecule has 1 fully saturated rings. The van der Waals surface area contributed by atoms with E-state index >= 15 is 0 Å². The van der Waals surface area contributed by atoms with Gasteiger partial charge in [0, 0.05) is 11.5 Å². The molecule has 1 aliphatic carbocycles. The number of ether oxygens (including phenoxy) is 1. The van der Waals surface area contributed by atoms with Crippen molar-refractivity contribution in [3.63, 3.8) is 0 Å². The second kappa shape index (κ2) is 9.42. The van der Waals surface area contributed by atoms with Crippen LogP contribution in [0.3, 0.4) is 0 Å². The number of hydroxylamine groups is 1. The zero-order chi connectivity index (χ0) is 23.5. The van der Waals surface area contributed by atoms with Crippen LogP contribution in [0.2, 0.25) is 0 Å². The van der Waals surface area contributed by atoms with E-state index < -0.39 is 30.0 Å². The number of carbonyl (C=O) groups is 1. The van der Waals surface area contributed by atoms with Gasteiger partial charge in [0.1, 0.15) is 24.1 Å². The van der Waals surface area contributed by atoms with Gasteiger partial charge in [0.15, 0.2) is 5.82 Å². The van der Waals surface area contributed by atoms with Crippen LogP contribution < -0.4 is 16.0 Å². The lowest BCUT2D eigenvalue weighted by atomic mass is 9.82. The Labute approximate surface area is 183 Å². The minimum Gasteiger partial charge on any atom is -0.474 e. The van der Waals surface area contributed by atoms with Crippen LogP contribution in [-0.2, 0) is 4.84 Å². The molecule has 32 heavy (non-hydrogen) atoms. The third-order valence-corrected chi connectivity index (χ3v) is 4.74. The number of amides is 1. The lowest BCUT2D eigenvalue weighted by molar-refractivity contribution is -0.0527. The predicted octanol–water partition coefficient (Wildman–Crippen LogP) is 2.45. The Kier molecular flexibility index (Phi) is 6.86. The quantitative estimate of drug-likeness (QED) is 0.524. The van der Waals surface area contributed by atoms with E-state index in [2.05, 4.69) is 15.4 Å². The molecular weight excluding hydrogens is 424 g/mol. The third kappa shape index (κ3) is 5.66. The maximum atomic E-state index is 12.8. The van der Waals surface area contributed by atoms with Crippen LogP contribution in [0.15, 0.2) is 24.3 Å². The molecule has 2 aromatic rings. The first-order chi connectivity index (χ1) is 15.1. The first kappa shape index (κ1) is 23.3. The van der Waals surface area contributed by atoms with Gasteiger partial charge >= 0.3 is 0 Å². The van der Waals surface area contributed by atoms with E-state index in [1.165, 1.54) is 13.8 Å². The number of nitrogens with two attached hydrogens (primary N) is 1. The molecule has 0 radical (unpaired) electrons. The van der Waals surface area contributed by atoms with Crippen LogP contribution in [-0.4, -0.2) is 45.7 Å². The molecule has 1 aromatic carbocycles. The van der Waals surface area contributed by atoms with Crippen molar-refractivity contribution in [3.8, 4) is 23.3 Å². The number of aliphatic hydroxyl groups is 1. The molecule has 170 valence electrons. The highest BCUT2D eigenvalue weighted by atomic mass is 19.3. The van der Waals surface area contributed by atoms with E-state index in [4.69, 9.17) is 20.6 Å². The van der Waals surface area contributed by atoms with Gasteiger partial charge in [0.2, 0.25) is 12.3 Å².